The van der Waals surface area contributed by atoms with Gasteiger partial charge >= 0.3 is 0 Å². The summed E-state index contributed by atoms with van der Waals surface area (Å²) >= 11 is 0. The van der Waals surface area contributed by atoms with E-state index in [1.165, 1.54) is 37.7 Å². The third kappa shape index (κ3) is 27.2. The van der Waals surface area contributed by atoms with Crippen molar-refractivity contribution in [1.82, 2.24) is 40.2 Å². The molecule has 2 amide bonds. The Hall–Kier alpha value is -9.76. The number of carbonyl (C=O) groups is 4. The lowest BCUT2D eigenvalue weighted by atomic mass is 9.84. The summed E-state index contributed by atoms with van der Waals surface area (Å²) in [7, 11) is 8.31. The zero-order valence-electron chi connectivity index (χ0n) is 80.8. The molecule has 21 heteroatoms. The number of ketones is 2. The maximum Gasteiger partial charge on any atom is 0.253 e. The number of allylic oxidation sites excluding steroid dienone is 4. The lowest BCUT2D eigenvalue weighted by molar-refractivity contribution is -0.117. The van der Waals surface area contributed by atoms with Crippen molar-refractivity contribution in [3.8, 4) is 39.8 Å². The van der Waals surface area contributed by atoms with E-state index < -0.39 is 0 Å². The molecule has 7 aromatic rings. The van der Waals surface area contributed by atoms with Gasteiger partial charge < -0.3 is 64.0 Å². The molecule has 129 heavy (non-hydrogen) atoms. The van der Waals surface area contributed by atoms with E-state index in [0.29, 0.717) is 71.9 Å². The van der Waals surface area contributed by atoms with Gasteiger partial charge in [-0.05, 0) is 335 Å². The first-order chi connectivity index (χ1) is 62.2. The van der Waals surface area contributed by atoms with Gasteiger partial charge in [-0.3, -0.25) is 38.6 Å². The number of rotatable bonds is 33. The number of unbranched alkanes of at least 4 members (excludes halogenated alkanes) is 1. The largest absolute Gasteiger partial charge is 0.494 e. The Balaban J connectivity index is 0.000000187. The van der Waals surface area contributed by atoms with Crippen LogP contribution in [-0.2, 0) is 38.6 Å². The van der Waals surface area contributed by atoms with Gasteiger partial charge in [-0.2, -0.15) is 0 Å². The fraction of sp³-hybridized carbons (Fsp3) is 0.537. The number of piperidine rings is 1. The van der Waals surface area contributed by atoms with Crippen LogP contribution < -0.4 is 41.2 Å². The van der Waals surface area contributed by atoms with Crippen molar-refractivity contribution in [3.63, 3.8) is 0 Å². The normalized spacial score (nSPS) is 18.7. The Kier molecular flexibility index (Phi) is 37.9. The number of pyridine rings is 2. The van der Waals surface area contributed by atoms with Crippen LogP contribution in [0, 0.1) is 66.2 Å². The van der Waals surface area contributed by atoms with E-state index in [9.17, 15) is 28.8 Å². The topological polar surface area (TPSA) is 218 Å². The van der Waals surface area contributed by atoms with E-state index in [0.717, 1.165) is 269 Å². The van der Waals surface area contributed by atoms with Crippen LogP contribution in [0.5, 0.6) is 5.75 Å². The summed E-state index contributed by atoms with van der Waals surface area (Å²) in [5, 5.41) is 6.09. The predicted octanol–water partition coefficient (Wildman–Crippen LogP) is 18.1. The summed E-state index contributed by atoms with van der Waals surface area (Å²) < 4.78 is 22.4. The van der Waals surface area contributed by atoms with Crippen LogP contribution in [0.4, 0.5) is 17.1 Å². The maximum absolute atomic E-state index is 13.9. The van der Waals surface area contributed by atoms with Crippen LogP contribution in [0.3, 0.4) is 0 Å². The Labute approximate surface area is 769 Å². The van der Waals surface area contributed by atoms with Gasteiger partial charge in [-0.1, -0.05) is 79.7 Å². The van der Waals surface area contributed by atoms with Gasteiger partial charge in [0.1, 0.15) is 5.75 Å². The summed E-state index contributed by atoms with van der Waals surface area (Å²) in [5.41, 5.74) is 20.9. The number of carbonyl (C=O) groups excluding carboxylic acids is 4. The number of H-pyrrole nitrogens is 2. The molecule has 3 aliphatic carbocycles. The number of likely N-dealkylation sites (tertiary alicyclic amines) is 1. The minimum atomic E-state index is -0.214. The fourth-order valence-electron chi connectivity index (χ4n) is 20.0. The quantitative estimate of drug-likeness (QED) is 0.0171. The number of methoxy groups -OCH3 is 1. The van der Waals surface area contributed by atoms with Gasteiger partial charge in [-0.25, -0.2) is 0 Å². The third-order valence-corrected chi connectivity index (χ3v) is 27.7. The number of aromatic amines is 2. The van der Waals surface area contributed by atoms with Crippen molar-refractivity contribution in [2.24, 2.45) is 5.92 Å². The Morgan fingerprint density at radius 3 is 1.52 bits per heavy atom. The number of anilines is 3. The number of nitrogens with one attached hydrogen (secondary N) is 4. The van der Waals surface area contributed by atoms with Crippen LogP contribution in [0.1, 0.15) is 243 Å². The van der Waals surface area contributed by atoms with Gasteiger partial charge in [0.2, 0.25) is 0 Å². The molecule has 21 nitrogen and oxygen atoms in total. The number of amides is 2. The second kappa shape index (κ2) is 48.9. The van der Waals surface area contributed by atoms with Gasteiger partial charge in [0, 0.05) is 184 Å². The number of Topliss-reactive ketones (excluding diaryl/α,β-unsaturated/α-hetero) is 1. The molecule has 2 saturated carbocycles. The monoisotopic (exact) mass is 1760 g/mol. The van der Waals surface area contributed by atoms with Crippen molar-refractivity contribution in [2.75, 3.05) is 141 Å². The zero-order valence-corrected chi connectivity index (χ0v) is 80.8. The zero-order chi connectivity index (χ0) is 92.4. The molecule has 5 fully saturated rings. The first-order valence-electron chi connectivity index (χ1n) is 48.1. The van der Waals surface area contributed by atoms with Crippen molar-refractivity contribution >= 4 is 40.4 Å². The average Bonchev–Trinajstić information content (AvgIpc) is 0.817. The minimum absolute atomic E-state index is 0.106. The molecule has 0 spiro atoms. The number of ether oxygens (including phenoxy) is 4. The molecular formula is C108H149N11O10. The summed E-state index contributed by atoms with van der Waals surface area (Å²) in [6.07, 6.45) is 21.6. The number of hydrogen-bond acceptors (Lipinski definition) is 17. The van der Waals surface area contributed by atoms with E-state index in [4.69, 9.17) is 18.9 Å². The predicted molar refractivity (Wildman–Crippen MR) is 526 cm³/mol. The van der Waals surface area contributed by atoms with Crippen molar-refractivity contribution < 1.29 is 38.1 Å². The molecule has 0 bridgehead atoms. The highest BCUT2D eigenvalue weighted by molar-refractivity contribution is 6.02. The second-order valence-electron chi connectivity index (χ2n) is 37.0. The number of hydrogen-bond donors (Lipinski definition) is 4. The molecule has 13 rings (SSSR count). The van der Waals surface area contributed by atoms with Crippen LogP contribution in [-0.4, -0.2) is 210 Å². The summed E-state index contributed by atoms with van der Waals surface area (Å²) in [5.74, 6) is 7.31. The van der Waals surface area contributed by atoms with Gasteiger partial charge in [-0.15, -0.1) is 0 Å². The smallest absolute Gasteiger partial charge is 0.253 e. The van der Waals surface area contributed by atoms with Gasteiger partial charge in [0.15, 0.2) is 11.6 Å². The number of benzene rings is 5. The van der Waals surface area contributed by atoms with Crippen LogP contribution >= 0.6 is 0 Å². The minimum Gasteiger partial charge on any atom is -0.494 e. The number of aromatic nitrogens is 2. The molecule has 1 atom stereocenters. The van der Waals surface area contributed by atoms with Crippen LogP contribution in [0.2, 0.25) is 0 Å². The van der Waals surface area contributed by atoms with Crippen molar-refractivity contribution in [1.29, 1.82) is 0 Å². The highest BCUT2D eigenvalue weighted by Gasteiger charge is 2.34. The Morgan fingerprint density at radius 2 is 1.01 bits per heavy atom. The molecule has 0 radical (unpaired) electrons. The molecule has 3 saturated heterocycles. The fourth-order valence-corrected chi connectivity index (χ4v) is 20.0. The number of likely N-dealkylation sites (N-methyl/N-ethyl adjacent to an activating group) is 1. The lowest BCUT2D eigenvalue weighted by Crippen LogP contribution is -2.44. The Morgan fingerprint density at radius 1 is 0.519 bits per heavy atom. The molecule has 6 aliphatic rings. The van der Waals surface area contributed by atoms with E-state index in [1.807, 2.05) is 84.9 Å². The van der Waals surface area contributed by atoms with Crippen LogP contribution in [0.15, 0.2) is 130 Å². The first kappa shape index (κ1) is 99.8. The third-order valence-electron chi connectivity index (χ3n) is 27.7. The molecule has 3 aliphatic heterocycles. The molecule has 5 aromatic carbocycles. The summed E-state index contributed by atoms with van der Waals surface area (Å²) in [6.45, 7) is 40.8. The molecule has 2 aromatic heterocycles. The first-order valence-corrected chi connectivity index (χ1v) is 48.1. The maximum atomic E-state index is 13.9. The van der Waals surface area contributed by atoms with Gasteiger partial charge in [0.05, 0.1) is 33.0 Å². The van der Waals surface area contributed by atoms with Crippen molar-refractivity contribution in [3.05, 3.63) is 219 Å². The second-order valence-corrected chi connectivity index (χ2v) is 37.0. The van der Waals surface area contributed by atoms with Gasteiger partial charge in [0.25, 0.3) is 22.9 Å². The molecule has 5 heterocycles. The van der Waals surface area contributed by atoms with E-state index in [2.05, 4.69) is 196 Å². The highest BCUT2D eigenvalue weighted by Crippen LogP contribution is 2.40. The van der Waals surface area contributed by atoms with Crippen LogP contribution in [0.25, 0.3) is 22.3 Å². The number of nitrogens with zero attached hydrogens (tertiary/aromatic N) is 7. The molecule has 696 valence electrons. The standard InChI is InChI=1S/C36H53N5O3.C36H50N4O3.C36H46N2O4/c1-7-41(31-15-13-30(14-16-31)39(5)20-21-44-6)34-24-29(12-11-19-40-17-9-8-10-18-40)23-32(28(34)4)35(42)37-25-33-26(2)22-27(3)38-36(33)43;1-8-10-19-43-31-17-11-27(12-18-31)28-21-32(35(41)37-23-33-24(3)20-25(4)38-36(33)42)26(5)34(22-28)40(9-2)30-15-13-29(14-16-30)39(6)7;1-5-38(31-12-16-41-17-13-31)34-23-30(29-8-6-28(7-9-29)24-37-14-18-42-19-15-37)22-33(27(34)4)35(39)11-10-32-26(3)20-25(2)21-36(32)40/h22-24,30-31H,7-10,13-21,25H2,1-6H3,(H,37,42)(H,38,43);11-12,17-18,20-22,29-30H,8-10,13-16,19,23H2,1-7H3,(H,37,41)(H,38,42);6-9,20-23,31-32H,5,10-19,24H2,1-4H3. The van der Waals surface area contributed by atoms with E-state index >= 15 is 0 Å². The molecule has 1 unspecified atom stereocenters. The highest BCUT2D eigenvalue weighted by atomic mass is 16.5. The SMILES string of the molecule is CCCCOc1ccc(-c2cc(C(=O)NCc3c(C)cc(C)[nH]c3=O)c(C)c(N(CC)C3CCC(N(C)C)CC3)c2)cc1.CCN(c1cc(-c2ccc(CN3CCOCC3)cc2)cc(C(=O)CCC2C(=O)C=C(C)C=C2C)c1C)C1CCOCC1.CCN(c1cc(C#CCN2CCCCC2)cc(C(=O)NCc2c(C)cc(C)[nH]c2=O)c1C)C1CCC(N(C)CCOC)CC1. The molecule has 4 N–H and O–H groups in total. The average molecular weight is 1760 g/mol. The number of aryl methyl sites for hydroxylation is 4. The summed E-state index contributed by atoms with van der Waals surface area (Å²) in [6, 6.07) is 36.0. The van der Waals surface area contributed by atoms with E-state index in [-0.39, 0.29) is 53.5 Å². The Bertz CT molecular complexity index is 5160. The van der Waals surface area contributed by atoms with E-state index in [1.54, 1.807) is 13.2 Å². The summed E-state index contributed by atoms with van der Waals surface area (Å²) in [4.78, 5) is 102. The number of morpholine rings is 1. The molecular weight excluding hydrogens is 1610 g/mol. The van der Waals surface area contributed by atoms with Crippen molar-refractivity contribution in [2.45, 2.75) is 249 Å². The lowest BCUT2D eigenvalue weighted by Gasteiger charge is -2.41.